The van der Waals surface area contributed by atoms with E-state index in [1.165, 1.54) is 0 Å². The molecule has 0 unspecified atom stereocenters. The van der Waals surface area contributed by atoms with Crippen LogP contribution in [-0.2, 0) is 9.59 Å². The average Bonchev–Trinajstić information content (AvgIpc) is 3.23. The van der Waals surface area contributed by atoms with E-state index in [2.05, 4.69) is 43.5 Å². The maximum absolute atomic E-state index is 12.6. The number of hydrogen-bond acceptors (Lipinski definition) is 8. The Kier molecular flexibility index (Phi) is 7.50. The molecular weight excluding hydrogens is 506 g/mol. The monoisotopic (exact) mass is 531 g/mol. The Bertz CT molecular complexity index is 1210. The minimum atomic E-state index is -0.707. The van der Waals surface area contributed by atoms with Crippen LogP contribution < -0.4 is 27.4 Å². The summed E-state index contributed by atoms with van der Waals surface area (Å²) in [6.07, 6.45) is 1.53. The molecule has 36 heavy (non-hydrogen) atoms. The van der Waals surface area contributed by atoms with Gasteiger partial charge in [-0.05, 0) is 37.1 Å². The summed E-state index contributed by atoms with van der Waals surface area (Å²) in [5, 5.41) is 8.99. The van der Waals surface area contributed by atoms with Crippen LogP contribution in [0.1, 0.15) is 36.2 Å². The van der Waals surface area contributed by atoms with Crippen molar-refractivity contribution >= 4 is 65.2 Å². The largest absolute Gasteiger partial charge is 0.382 e. The molecule has 4 rings (SSSR count). The van der Waals surface area contributed by atoms with Crippen molar-refractivity contribution in [2.75, 3.05) is 36.4 Å². The summed E-state index contributed by atoms with van der Waals surface area (Å²) >= 11 is 10.1. The quantitative estimate of drug-likeness (QED) is 0.307. The van der Waals surface area contributed by atoms with Gasteiger partial charge >= 0.3 is 5.91 Å². The van der Waals surface area contributed by atoms with E-state index < -0.39 is 5.91 Å². The van der Waals surface area contributed by atoms with Gasteiger partial charge in [0.15, 0.2) is 28.4 Å². The lowest BCUT2D eigenvalue weighted by Crippen LogP contribution is -2.53. The molecule has 2 fully saturated rings. The average molecular weight is 532 g/mol. The lowest BCUT2D eigenvalue weighted by Gasteiger charge is -2.38. The van der Waals surface area contributed by atoms with E-state index in [1.807, 2.05) is 0 Å². The summed E-state index contributed by atoms with van der Waals surface area (Å²) in [4.78, 5) is 51.6. The second-order valence-corrected chi connectivity index (χ2v) is 9.51. The molecule has 2 aliphatic rings. The first-order valence-corrected chi connectivity index (χ1v) is 12.1. The zero-order chi connectivity index (χ0) is 25.9. The Hall–Kier alpha value is -3.58. The highest BCUT2D eigenvalue weighted by Gasteiger charge is 2.40. The molecule has 2 aliphatic heterocycles. The van der Waals surface area contributed by atoms with Gasteiger partial charge in [0.25, 0.3) is 0 Å². The van der Waals surface area contributed by atoms with Gasteiger partial charge in [0.2, 0.25) is 11.8 Å². The number of carbonyl (C=O) groups is 3. The molecule has 1 spiro atoms. The summed E-state index contributed by atoms with van der Waals surface area (Å²) in [6.45, 7) is 1.58. The highest BCUT2D eigenvalue weighted by atomic mass is 35.5. The predicted molar refractivity (Wildman–Crippen MR) is 139 cm³/mol. The van der Waals surface area contributed by atoms with Crippen LogP contribution in [0.15, 0.2) is 34.2 Å². The Morgan fingerprint density at radius 3 is 2.50 bits per heavy atom. The first-order chi connectivity index (χ1) is 17.1. The van der Waals surface area contributed by atoms with Gasteiger partial charge in [-0.3, -0.25) is 14.4 Å². The molecule has 2 aromatic rings. The maximum atomic E-state index is 12.6. The smallest absolute Gasteiger partial charge is 0.302 e. The van der Waals surface area contributed by atoms with E-state index >= 15 is 0 Å². The third kappa shape index (κ3) is 5.97. The van der Waals surface area contributed by atoms with E-state index in [9.17, 15) is 14.4 Å². The number of nitrogens with zero attached hydrogens (tertiary/aromatic N) is 4. The van der Waals surface area contributed by atoms with Gasteiger partial charge in [0.05, 0.1) is 5.54 Å². The first-order valence-electron chi connectivity index (χ1n) is 11.2. The number of carbonyl (C=O) groups excluding carboxylic acids is 3. The van der Waals surface area contributed by atoms with Crippen molar-refractivity contribution in [3.63, 3.8) is 0 Å². The normalized spacial score (nSPS) is 17.5. The summed E-state index contributed by atoms with van der Waals surface area (Å²) in [6, 6.07) is 7.07. The number of halogens is 1. The Morgan fingerprint density at radius 1 is 1.11 bits per heavy atom. The lowest BCUT2D eigenvalue weighted by atomic mass is 9.88. The van der Waals surface area contributed by atoms with Crippen molar-refractivity contribution in [3.8, 4) is 0 Å². The predicted octanol–water partition coefficient (Wildman–Crippen LogP) is 1.05. The number of rotatable bonds is 5. The van der Waals surface area contributed by atoms with Crippen molar-refractivity contribution in [2.24, 2.45) is 4.99 Å². The molecular formula is C22H26ClN9O3S. The van der Waals surface area contributed by atoms with Crippen LogP contribution in [0.3, 0.4) is 0 Å². The molecule has 0 radical (unpaired) electrons. The first kappa shape index (κ1) is 25.5. The van der Waals surface area contributed by atoms with Crippen LogP contribution in [0.5, 0.6) is 0 Å². The van der Waals surface area contributed by atoms with Crippen LogP contribution in [0.25, 0.3) is 0 Å². The van der Waals surface area contributed by atoms with Crippen molar-refractivity contribution in [3.05, 3.63) is 35.1 Å². The second-order valence-electron chi connectivity index (χ2n) is 8.63. The number of nitrogen functional groups attached to an aromatic ring is 2. The molecule has 3 amide bonds. The van der Waals surface area contributed by atoms with Crippen LogP contribution in [0.4, 0.5) is 17.3 Å². The molecule has 2 saturated heterocycles. The van der Waals surface area contributed by atoms with Gasteiger partial charge in [-0.25, -0.2) is 9.97 Å². The van der Waals surface area contributed by atoms with E-state index in [-0.39, 0.29) is 58.6 Å². The third-order valence-corrected chi connectivity index (χ3v) is 6.67. The fraction of sp³-hybridized carbons (Fsp3) is 0.364. The number of aliphatic imine (C=N–C) groups is 1. The molecule has 7 N–H and O–H groups in total. The zero-order valence-electron chi connectivity index (χ0n) is 19.3. The molecule has 0 aliphatic carbocycles. The Balaban J connectivity index is 1.26. The van der Waals surface area contributed by atoms with Gasteiger partial charge in [-0.1, -0.05) is 11.6 Å². The zero-order valence-corrected chi connectivity index (χ0v) is 20.9. The number of aromatic nitrogens is 2. The minimum absolute atomic E-state index is 0.0695. The number of nitrogens with two attached hydrogens (primary N) is 2. The number of nitrogens with one attached hydrogen (secondary N) is 3. The van der Waals surface area contributed by atoms with Crippen LogP contribution in [0, 0.1) is 0 Å². The molecule has 190 valence electrons. The summed E-state index contributed by atoms with van der Waals surface area (Å²) in [7, 11) is 0. The van der Waals surface area contributed by atoms with Gasteiger partial charge < -0.3 is 32.3 Å². The van der Waals surface area contributed by atoms with Crippen molar-refractivity contribution in [2.45, 2.75) is 36.1 Å². The van der Waals surface area contributed by atoms with E-state index in [1.54, 1.807) is 29.2 Å². The lowest BCUT2D eigenvalue weighted by molar-refractivity contribution is -0.134. The number of hydrogen-bond donors (Lipinski definition) is 6. The topological polar surface area (TPSA) is 181 Å². The molecule has 3 heterocycles. The van der Waals surface area contributed by atoms with Crippen molar-refractivity contribution in [1.82, 2.24) is 25.5 Å². The standard InChI is InChI=1S/C22H26ClN9O3S/c23-17-19(25)29-18(24)16(28-17)20(35)30-21-26-11-22(31-21)7-9-32(10-8-22)15(34)6-5-14(33)27-12-1-3-13(36)4-2-12/h1-4,36H,5-11H2,(H,27,33)(H4,24,25,29)(H2,26,30,31,35). The van der Waals surface area contributed by atoms with Crippen LogP contribution in [0.2, 0.25) is 5.15 Å². The molecule has 1 aromatic carbocycles. The summed E-state index contributed by atoms with van der Waals surface area (Å²) in [5.74, 6) is -0.938. The summed E-state index contributed by atoms with van der Waals surface area (Å²) in [5.41, 5.74) is 11.4. The van der Waals surface area contributed by atoms with Crippen LogP contribution >= 0.6 is 24.2 Å². The maximum Gasteiger partial charge on any atom is 0.302 e. The number of benzene rings is 1. The molecule has 14 heteroatoms. The molecule has 1 aromatic heterocycles. The Labute approximate surface area is 217 Å². The minimum Gasteiger partial charge on any atom is -0.382 e. The van der Waals surface area contributed by atoms with Gasteiger partial charge in [-0.2, -0.15) is 4.99 Å². The number of piperidine rings is 1. The molecule has 12 nitrogen and oxygen atoms in total. The van der Waals surface area contributed by atoms with Gasteiger partial charge in [0, 0.05) is 43.1 Å². The van der Waals surface area contributed by atoms with E-state index in [0.717, 1.165) is 4.90 Å². The second kappa shape index (κ2) is 10.6. The number of guanidine groups is 1. The Morgan fingerprint density at radius 2 is 1.81 bits per heavy atom. The van der Waals surface area contributed by atoms with Crippen LogP contribution in [-0.4, -0.2) is 63.7 Å². The number of likely N-dealkylation sites (tertiary alicyclic amines) is 1. The van der Waals surface area contributed by atoms with Crippen molar-refractivity contribution < 1.29 is 14.4 Å². The van der Waals surface area contributed by atoms with Gasteiger partial charge in [-0.15, -0.1) is 12.6 Å². The number of anilines is 3. The summed E-state index contributed by atoms with van der Waals surface area (Å²) < 4.78 is 0. The highest BCUT2D eigenvalue weighted by Crippen LogP contribution is 2.25. The van der Waals surface area contributed by atoms with E-state index in [4.69, 9.17) is 23.1 Å². The fourth-order valence-electron chi connectivity index (χ4n) is 4.05. The SMILES string of the molecule is Nc1nc(N)c(C(=O)/N=C2\NCC3(CCN(C(=O)CCC(=O)Nc4ccc(S)cc4)CC3)N2)nc1Cl. The fourth-order valence-corrected chi connectivity index (χ4v) is 4.32. The van der Waals surface area contributed by atoms with E-state index in [0.29, 0.717) is 38.2 Å². The number of thiol groups is 1. The number of amides is 3. The molecule has 0 atom stereocenters. The van der Waals surface area contributed by atoms with Crippen molar-refractivity contribution in [1.29, 1.82) is 0 Å². The molecule has 0 saturated carbocycles. The molecule has 0 bridgehead atoms. The third-order valence-electron chi connectivity index (χ3n) is 6.09. The van der Waals surface area contributed by atoms with Gasteiger partial charge in [0.1, 0.15) is 0 Å². The highest BCUT2D eigenvalue weighted by molar-refractivity contribution is 7.80.